The van der Waals surface area contributed by atoms with Crippen molar-refractivity contribution < 1.29 is 9.18 Å². The third-order valence-corrected chi connectivity index (χ3v) is 8.16. The fourth-order valence-corrected chi connectivity index (χ4v) is 6.08. The van der Waals surface area contributed by atoms with Crippen LogP contribution >= 0.6 is 0 Å². The Kier molecular flexibility index (Phi) is 7.49. The normalized spacial score (nSPS) is 26.2. The van der Waals surface area contributed by atoms with Gasteiger partial charge in [-0.1, -0.05) is 76.1 Å². The molecule has 0 unspecified atom stereocenters. The van der Waals surface area contributed by atoms with E-state index in [1.54, 1.807) is 0 Å². The topological polar surface area (TPSA) is 32.7 Å². The largest absolute Gasteiger partial charge is 0.310 e. The highest BCUT2D eigenvalue weighted by Crippen LogP contribution is 2.49. The zero-order valence-corrected chi connectivity index (χ0v) is 22.1. The molecule has 35 heavy (non-hydrogen) atoms. The van der Waals surface area contributed by atoms with E-state index in [1.807, 2.05) is 12.2 Å². The van der Waals surface area contributed by atoms with Crippen LogP contribution in [-0.4, -0.2) is 22.2 Å². The van der Waals surface area contributed by atoms with Crippen LogP contribution in [0.15, 0.2) is 65.0 Å². The molecule has 1 heterocycles. The number of hydrogen-bond acceptors (Lipinski definition) is 2. The van der Waals surface area contributed by atoms with E-state index in [0.717, 1.165) is 49.8 Å². The van der Waals surface area contributed by atoms with Gasteiger partial charge >= 0.3 is 0 Å². The lowest BCUT2D eigenvalue weighted by molar-refractivity contribution is -0.144. The Morgan fingerprint density at radius 1 is 1.14 bits per heavy atom. The summed E-state index contributed by atoms with van der Waals surface area (Å²) in [5, 5.41) is 0. The first kappa shape index (κ1) is 25.6. The maximum atomic E-state index is 14.0. The number of nitrogens with zero attached hydrogens (tertiary/aromatic N) is 2. The number of aryl methyl sites for hydroxylation is 1. The highest BCUT2D eigenvalue weighted by Gasteiger charge is 2.49. The molecule has 4 heteroatoms. The summed E-state index contributed by atoms with van der Waals surface area (Å²) < 4.78 is 13.8. The zero-order valence-electron chi connectivity index (χ0n) is 22.1. The molecule has 1 fully saturated rings. The van der Waals surface area contributed by atoms with Crippen molar-refractivity contribution in [3.05, 3.63) is 71.1 Å². The average molecular weight is 477 g/mol. The van der Waals surface area contributed by atoms with E-state index in [9.17, 15) is 9.18 Å². The summed E-state index contributed by atoms with van der Waals surface area (Å²) >= 11 is 0. The number of amides is 1. The van der Waals surface area contributed by atoms with E-state index >= 15 is 0 Å². The van der Waals surface area contributed by atoms with Crippen LogP contribution in [0.4, 0.5) is 4.39 Å². The van der Waals surface area contributed by atoms with Crippen LogP contribution in [0.25, 0.3) is 0 Å². The lowest BCUT2D eigenvalue weighted by Gasteiger charge is -2.52. The van der Waals surface area contributed by atoms with Gasteiger partial charge in [-0.3, -0.25) is 9.79 Å². The van der Waals surface area contributed by atoms with Crippen molar-refractivity contribution in [2.45, 2.75) is 97.7 Å². The van der Waals surface area contributed by atoms with Gasteiger partial charge in [-0.05, 0) is 80.1 Å². The molecule has 0 N–H and O–H groups in total. The van der Waals surface area contributed by atoms with Gasteiger partial charge in [0.25, 0.3) is 0 Å². The number of rotatable bonds is 5. The summed E-state index contributed by atoms with van der Waals surface area (Å²) in [7, 11) is 0. The maximum absolute atomic E-state index is 14.0. The molecule has 1 spiro atoms. The number of halogens is 1. The first-order valence-electron chi connectivity index (χ1n) is 13.3. The fourth-order valence-electron chi connectivity index (χ4n) is 6.08. The van der Waals surface area contributed by atoms with Crippen LogP contribution in [-0.2, 0) is 4.79 Å². The lowest BCUT2D eigenvalue weighted by Crippen LogP contribution is -2.57. The van der Waals surface area contributed by atoms with Gasteiger partial charge in [0.05, 0.1) is 18.2 Å². The minimum Gasteiger partial charge on any atom is -0.310 e. The summed E-state index contributed by atoms with van der Waals surface area (Å²) in [6.45, 7) is 11.3. The molecule has 1 aliphatic heterocycles. The van der Waals surface area contributed by atoms with E-state index in [2.05, 4.69) is 63.8 Å². The molecule has 1 atom stereocenters. The molecule has 2 aliphatic carbocycles. The number of aliphatic imine (C=N–C) groups is 1. The summed E-state index contributed by atoms with van der Waals surface area (Å²) in [4.78, 5) is 21.6. The molecule has 1 amide bonds. The smallest absolute Gasteiger partial charge is 0.231 e. The predicted octanol–water partition coefficient (Wildman–Crippen LogP) is 8.18. The second-order valence-corrected chi connectivity index (χ2v) is 11.7. The van der Waals surface area contributed by atoms with Crippen molar-refractivity contribution in [3.8, 4) is 0 Å². The highest BCUT2D eigenvalue weighted by atomic mass is 19.1. The van der Waals surface area contributed by atoms with Crippen LogP contribution in [0.3, 0.4) is 0 Å². The van der Waals surface area contributed by atoms with Gasteiger partial charge in [-0.25, -0.2) is 4.39 Å². The maximum Gasteiger partial charge on any atom is 0.231 e. The number of allylic oxidation sites excluding steroid dienone is 6. The SMILES string of the molecule is CCC[C@H](c1ccc(C)cc1)N1C(=O)CC(C2=CC=C(F)C=CC2)=NC12CCC(C(C)(C)C)CC2. The number of benzene rings is 1. The molecule has 4 rings (SSSR count). The van der Waals surface area contributed by atoms with Crippen LogP contribution in [0.1, 0.15) is 96.2 Å². The van der Waals surface area contributed by atoms with Crippen LogP contribution in [0.2, 0.25) is 0 Å². The number of carbonyl (C=O) groups is 1. The minimum atomic E-state index is -0.531. The molecule has 1 aromatic rings. The molecular weight excluding hydrogens is 435 g/mol. The van der Waals surface area contributed by atoms with Crippen LogP contribution in [0.5, 0.6) is 0 Å². The van der Waals surface area contributed by atoms with Gasteiger partial charge in [0.2, 0.25) is 5.91 Å². The van der Waals surface area contributed by atoms with Crippen molar-refractivity contribution >= 4 is 11.6 Å². The van der Waals surface area contributed by atoms with Gasteiger partial charge < -0.3 is 4.90 Å². The molecule has 188 valence electrons. The molecule has 1 aromatic carbocycles. The Morgan fingerprint density at radius 2 is 1.83 bits per heavy atom. The van der Waals surface area contributed by atoms with E-state index in [-0.39, 0.29) is 29.6 Å². The molecule has 0 radical (unpaired) electrons. The minimum absolute atomic E-state index is 0.0185. The predicted molar refractivity (Wildman–Crippen MR) is 143 cm³/mol. The van der Waals surface area contributed by atoms with E-state index in [0.29, 0.717) is 12.3 Å². The standard InChI is InChI=1S/C31H41FN2O/c1-6-8-28(24-13-11-22(2)12-14-24)34-29(35)21-27(23-9-7-10-26(32)16-15-23)33-31(34)19-17-25(18-20-31)30(3,4)5/h7,10-16,25,28H,6,8-9,17-21H2,1-5H3/t25?,28-,31?/m1/s1. The Labute approximate surface area is 210 Å². The Balaban J connectivity index is 1.77. The monoisotopic (exact) mass is 476 g/mol. The summed E-state index contributed by atoms with van der Waals surface area (Å²) in [6.07, 6.45) is 13.3. The second-order valence-electron chi connectivity index (χ2n) is 11.7. The average Bonchev–Trinajstić information content (AvgIpc) is 3.03. The highest BCUT2D eigenvalue weighted by molar-refractivity contribution is 6.12. The quantitative estimate of drug-likeness (QED) is 0.422. The van der Waals surface area contributed by atoms with Crippen molar-refractivity contribution in [3.63, 3.8) is 0 Å². The summed E-state index contributed by atoms with van der Waals surface area (Å²) in [5.41, 5.74) is 3.94. The Morgan fingerprint density at radius 3 is 2.46 bits per heavy atom. The van der Waals surface area contributed by atoms with E-state index in [4.69, 9.17) is 4.99 Å². The van der Waals surface area contributed by atoms with E-state index in [1.165, 1.54) is 23.3 Å². The van der Waals surface area contributed by atoms with Gasteiger partial charge in [-0.15, -0.1) is 0 Å². The lowest BCUT2D eigenvalue weighted by atomic mass is 9.68. The molecule has 1 saturated carbocycles. The van der Waals surface area contributed by atoms with Gasteiger partial charge in [0.1, 0.15) is 11.5 Å². The van der Waals surface area contributed by atoms with Gasteiger partial charge in [0.15, 0.2) is 0 Å². The molecule has 3 aliphatic rings. The van der Waals surface area contributed by atoms with Crippen LogP contribution < -0.4 is 0 Å². The summed E-state index contributed by atoms with van der Waals surface area (Å²) in [6, 6.07) is 8.68. The van der Waals surface area contributed by atoms with Crippen molar-refractivity contribution in [1.82, 2.24) is 4.90 Å². The molecule has 3 nitrogen and oxygen atoms in total. The van der Waals surface area contributed by atoms with Gasteiger partial charge in [0, 0.05) is 0 Å². The molecular formula is C31H41FN2O. The third-order valence-electron chi connectivity index (χ3n) is 8.16. The van der Waals surface area contributed by atoms with Crippen molar-refractivity contribution in [2.24, 2.45) is 16.3 Å². The number of hydrogen-bond donors (Lipinski definition) is 0. The zero-order chi connectivity index (χ0) is 25.2. The van der Waals surface area contributed by atoms with Crippen molar-refractivity contribution in [1.29, 1.82) is 0 Å². The fraction of sp³-hybridized carbons (Fsp3) is 0.548. The first-order valence-corrected chi connectivity index (χ1v) is 13.3. The Hall–Kier alpha value is -2.49. The Bertz CT molecular complexity index is 1050. The number of carbonyl (C=O) groups excluding carboxylic acids is 1. The van der Waals surface area contributed by atoms with Gasteiger partial charge in [-0.2, -0.15) is 0 Å². The second kappa shape index (κ2) is 10.2. The molecule has 0 bridgehead atoms. The first-order chi connectivity index (χ1) is 16.6. The van der Waals surface area contributed by atoms with E-state index < -0.39 is 5.66 Å². The van der Waals surface area contributed by atoms with Crippen LogP contribution in [0, 0.1) is 18.3 Å². The third kappa shape index (κ3) is 5.52. The summed E-state index contributed by atoms with van der Waals surface area (Å²) in [5.74, 6) is 0.515. The van der Waals surface area contributed by atoms with Crippen molar-refractivity contribution in [2.75, 3.05) is 0 Å². The molecule has 0 aromatic heterocycles. The molecule has 0 saturated heterocycles.